The highest BCUT2D eigenvalue weighted by Crippen LogP contribution is 2.36. The molecular weight excluding hydrogens is 426 g/mol. The summed E-state index contributed by atoms with van der Waals surface area (Å²) in [6.45, 7) is 9.07. The first-order chi connectivity index (χ1) is 15.4. The van der Waals surface area contributed by atoms with Gasteiger partial charge in [0.1, 0.15) is 5.15 Å². The number of pyridine rings is 1. The molecule has 1 aromatic heterocycles. The van der Waals surface area contributed by atoms with Gasteiger partial charge < -0.3 is 19.7 Å². The number of esters is 1. The molecule has 1 saturated heterocycles. The van der Waals surface area contributed by atoms with Gasteiger partial charge in [-0.15, -0.1) is 0 Å². The number of hydrogen-bond acceptors (Lipinski definition) is 6. The Morgan fingerprint density at radius 1 is 1.25 bits per heavy atom. The summed E-state index contributed by atoms with van der Waals surface area (Å²) in [6.07, 6.45) is 4.09. The Kier molecular flexibility index (Phi) is 8.76. The number of methoxy groups -OCH3 is 1. The van der Waals surface area contributed by atoms with Crippen LogP contribution in [-0.4, -0.2) is 43.9 Å². The van der Waals surface area contributed by atoms with E-state index in [4.69, 9.17) is 21.1 Å². The molecule has 174 valence electrons. The van der Waals surface area contributed by atoms with E-state index in [0.29, 0.717) is 23.5 Å². The van der Waals surface area contributed by atoms with E-state index >= 15 is 0 Å². The van der Waals surface area contributed by atoms with Crippen molar-refractivity contribution in [2.24, 2.45) is 5.92 Å². The summed E-state index contributed by atoms with van der Waals surface area (Å²) in [5, 5.41) is 4.00. The highest BCUT2D eigenvalue weighted by molar-refractivity contribution is 6.29. The summed E-state index contributed by atoms with van der Waals surface area (Å²) < 4.78 is 10.5. The number of carbonyl (C=O) groups is 1. The number of aromatic nitrogens is 1. The van der Waals surface area contributed by atoms with Gasteiger partial charge in [-0.2, -0.15) is 0 Å². The van der Waals surface area contributed by atoms with Crippen molar-refractivity contribution in [3.8, 4) is 0 Å². The monoisotopic (exact) mass is 459 g/mol. The van der Waals surface area contributed by atoms with Crippen LogP contribution in [0.15, 0.2) is 36.5 Å². The van der Waals surface area contributed by atoms with Gasteiger partial charge in [-0.1, -0.05) is 38.4 Å². The molecule has 0 unspecified atom stereocenters. The largest absolute Gasteiger partial charge is 0.469 e. The Hall–Kier alpha value is -2.31. The minimum absolute atomic E-state index is 0.0435. The number of hydrogen-bond donors (Lipinski definition) is 1. The lowest BCUT2D eigenvalue weighted by atomic mass is 9.95. The van der Waals surface area contributed by atoms with Gasteiger partial charge in [0.25, 0.3) is 0 Å². The van der Waals surface area contributed by atoms with E-state index in [9.17, 15) is 4.79 Å². The second kappa shape index (κ2) is 11.5. The van der Waals surface area contributed by atoms with Crippen LogP contribution in [0.2, 0.25) is 5.15 Å². The first-order valence-electron chi connectivity index (χ1n) is 11.3. The van der Waals surface area contributed by atoms with Crippen LogP contribution in [0.5, 0.6) is 0 Å². The molecule has 32 heavy (non-hydrogen) atoms. The number of nitrogens with one attached hydrogen (secondary N) is 1. The number of nitrogens with zero attached hydrogens (tertiary/aromatic N) is 2. The van der Waals surface area contributed by atoms with E-state index in [-0.39, 0.29) is 11.9 Å². The molecule has 7 heteroatoms. The molecule has 1 atom stereocenters. The van der Waals surface area contributed by atoms with Crippen molar-refractivity contribution in [2.45, 2.75) is 52.0 Å². The fraction of sp³-hybridized carbons (Fsp3) is 0.520. The lowest BCUT2D eigenvalue weighted by Gasteiger charge is -2.38. The Morgan fingerprint density at radius 3 is 2.62 bits per heavy atom. The minimum atomic E-state index is -0.207. The van der Waals surface area contributed by atoms with E-state index < -0.39 is 0 Å². The van der Waals surface area contributed by atoms with Gasteiger partial charge >= 0.3 is 5.97 Å². The van der Waals surface area contributed by atoms with Crippen molar-refractivity contribution in [3.63, 3.8) is 0 Å². The van der Waals surface area contributed by atoms with Crippen LogP contribution >= 0.6 is 11.6 Å². The minimum Gasteiger partial charge on any atom is -0.469 e. The zero-order valence-corrected chi connectivity index (χ0v) is 20.2. The summed E-state index contributed by atoms with van der Waals surface area (Å²) in [5.74, 6) is 0.351. The van der Waals surface area contributed by atoms with E-state index in [1.165, 1.54) is 7.11 Å². The van der Waals surface area contributed by atoms with Gasteiger partial charge in [-0.05, 0) is 54.5 Å². The van der Waals surface area contributed by atoms with E-state index in [0.717, 1.165) is 55.2 Å². The topological polar surface area (TPSA) is 63.7 Å². The van der Waals surface area contributed by atoms with Gasteiger partial charge in [-0.3, -0.25) is 4.79 Å². The Balaban J connectivity index is 1.99. The maximum absolute atomic E-state index is 11.8. The molecule has 0 bridgehead atoms. The third kappa shape index (κ3) is 6.59. The molecule has 0 aliphatic carbocycles. The summed E-state index contributed by atoms with van der Waals surface area (Å²) in [7, 11) is 1.43. The molecule has 1 aromatic carbocycles. The molecular formula is C25H34ClN3O3. The van der Waals surface area contributed by atoms with Crippen LogP contribution in [0.4, 0.5) is 17.1 Å². The zero-order chi connectivity index (χ0) is 23.1. The van der Waals surface area contributed by atoms with Crippen LogP contribution < -0.4 is 10.2 Å². The molecule has 1 aliphatic rings. The highest BCUT2D eigenvalue weighted by atomic mass is 35.5. The summed E-state index contributed by atoms with van der Waals surface area (Å²) in [4.78, 5) is 18.5. The lowest BCUT2D eigenvalue weighted by molar-refractivity contribution is -0.140. The van der Waals surface area contributed by atoms with Crippen LogP contribution in [0.25, 0.3) is 0 Å². The Labute approximate surface area is 196 Å². The van der Waals surface area contributed by atoms with Gasteiger partial charge in [0.15, 0.2) is 0 Å². The summed E-state index contributed by atoms with van der Waals surface area (Å²) >= 11 is 5.98. The van der Waals surface area contributed by atoms with Crippen molar-refractivity contribution in [1.29, 1.82) is 0 Å². The van der Waals surface area contributed by atoms with Crippen LogP contribution in [0, 0.1) is 5.92 Å². The van der Waals surface area contributed by atoms with Gasteiger partial charge in [0.05, 0.1) is 36.8 Å². The van der Waals surface area contributed by atoms with Crippen LogP contribution in [-0.2, 0) is 14.3 Å². The number of ether oxygens (including phenoxy) is 2. The molecule has 0 spiro atoms. The highest BCUT2D eigenvalue weighted by Gasteiger charge is 2.25. The predicted octanol–water partition coefficient (Wildman–Crippen LogP) is 5.79. The normalized spacial score (nSPS) is 15.4. The Morgan fingerprint density at radius 2 is 2.00 bits per heavy atom. The van der Waals surface area contributed by atoms with E-state index in [1.54, 1.807) is 12.3 Å². The molecule has 6 nitrogen and oxygen atoms in total. The molecule has 2 aromatic rings. The fourth-order valence-electron chi connectivity index (χ4n) is 4.10. The molecule has 0 amide bonds. The number of rotatable bonds is 9. The van der Waals surface area contributed by atoms with Gasteiger partial charge in [0, 0.05) is 25.8 Å². The molecule has 3 rings (SSSR count). The molecule has 1 N–H and O–H groups in total. The van der Waals surface area contributed by atoms with Gasteiger partial charge in [-0.25, -0.2) is 4.98 Å². The average molecular weight is 460 g/mol. The number of halogens is 1. The molecule has 1 aliphatic heterocycles. The SMILES string of the molecule is COC(=O)C[C@@H](C)c1ccc(N(CC(C)C)C2CCOCC2)c(Nc2ccc(Cl)nc2)c1. The zero-order valence-electron chi connectivity index (χ0n) is 19.4. The molecule has 1 fully saturated rings. The predicted molar refractivity (Wildman–Crippen MR) is 130 cm³/mol. The average Bonchev–Trinajstić information content (AvgIpc) is 2.79. The molecule has 0 saturated carbocycles. The maximum Gasteiger partial charge on any atom is 0.306 e. The van der Waals surface area contributed by atoms with Crippen molar-refractivity contribution >= 4 is 34.6 Å². The quantitative estimate of drug-likeness (QED) is 0.378. The van der Waals surface area contributed by atoms with Crippen molar-refractivity contribution < 1.29 is 14.3 Å². The third-order valence-corrected chi connectivity index (χ3v) is 6.02. The van der Waals surface area contributed by atoms with Crippen molar-refractivity contribution in [3.05, 3.63) is 47.2 Å². The van der Waals surface area contributed by atoms with Crippen molar-refractivity contribution in [2.75, 3.05) is 37.1 Å². The van der Waals surface area contributed by atoms with Crippen molar-refractivity contribution in [1.82, 2.24) is 4.98 Å². The second-order valence-electron chi connectivity index (χ2n) is 8.84. The second-order valence-corrected chi connectivity index (χ2v) is 9.23. The van der Waals surface area contributed by atoms with Crippen LogP contribution in [0.3, 0.4) is 0 Å². The summed E-state index contributed by atoms with van der Waals surface area (Å²) in [5.41, 5.74) is 4.09. The first kappa shape index (κ1) is 24.3. The fourth-order valence-corrected chi connectivity index (χ4v) is 4.21. The third-order valence-electron chi connectivity index (χ3n) is 5.80. The standard InChI is InChI=1S/C25H34ClN3O3/c1-17(2)16-29(21-9-11-32-12-10-21)23-7-5-19(18(3)13-25(30)31-4)14-22(23)28-20-6-8-24(26)27-15-20/h5-8,14-15,17-18,21,28H,9-13,16H2,1-4H3/t18-/m1/s1. The number of carbonyl (C=O) groups excluding carboxylic acids is 1. The van der Waals surface area contributed by atoms with E-state index in [1.807, 2.05) is 13.0 Å². The lowest BCUT2D eigenvalue weighted by Crippen LogP contribution is -2.42. The molecule has 2 heterocycles. The van der Waals surface area contributed by atoms with Gasteiger partial charge in [0.2, 0.25) is 0 Å². The van der Waals surface area contributed by atoms with Crippen LogP contribution in [0.1, 0.15) is 51.5 Å². The maximum atomic E-state index is 11.8. The summed E-state index contributed by atoms with van der Waals surface area (Å²) in [6, 6.07) is 10.6. The first-order valence-corrected chi connectivity index (χ1v) is 11.7. The Bertz CT molecular complexity index is 883. The molecule has 0 radical (unpaired) electrons. The van der Waals surface area contributed by atoms with E-state index in [2.05, 4.69) is 47.2 Å². The number of benzene rings is 1. The smallest absolute Gasteiger partial charge is 0.306 e. The number of anilines is 3.